The first-order valence-electron chi connectivity index (χ1n) is 8.36. The molecule has 1 aliphatic heterocycles. The van der Waals surface area contributed by atoms with Crippen LogP contribution in [0.5, 0.6) is 0 Å². The van der Waals surface area contributed by atoms with E-state index >= 15 is 0 Å². The maximum absolute atomic E-state index is 3.74. The normalized spacial score (nSPS) is 26.8. The van der Waals surface area contributed by atoms with Gasteiger partial charge in [0, 0.05) is 38.4 Å². The van der Waals surface area contributed by atoms with Crippen LogP contribution in [-0.4, -0.2) is 45.2 Å². The molecule has 1 N–H and O–H groups in total. The molecule has 1 saturated carbocycles. The van der Waals surface area contributed by atoms with Gasteiger partial charge in [0.2, 0.25) is 0 Å². The number of nitrogens with one attached hydrogen (secondary N) is 1. The molecule has 2 fully saturated rings. The Bertz CT molecular complexity index is 450. The Labute approximate surface area is 129 Å². The highest BCUT2D eigenvalue weighted by molar-refractivity contribution is 5.46. The van der Waals surface area contributed by atoms with Crippen LogP contribution in [-0.2, 0) is 0 Å². The number of benzene rings is 1. The third-order valence-corrected chi connectivity index (χ3v) is 5.00. The summed E-state index contributed by atoms with van der Waals surface area (Å²) in [5.41, 5.74) is 2.76. The average Bonchev–Trinajstić information content (AvgIpc) is 3.29. The fourth-order valence-corrected chi connectivity index (χ4v) is 3.58. The molecule has 1 aromatic carbocycles. The molecule has 2 aliphatic rings. The summed E-state index contributed by atoms with van der Waals surface area (Å²) in [5, 5.41) is 3.74. The Kier molecular flexibility index (Phi) is 4.51. The van der Waals surface area contributed by atoms with Gasteiger partial charge < -0.3 is 10.2 Å². The Hall–Kier alpha value is -1.06. The van der Waals surface area contributed by atoms with E-state index in [9.17, 15) is 0 Å². The molecular formula is C18H29N3. The average molecular weight is 287 g/mol. The Morgan fingerprint density at radius 2 is 1.86 bits per heavy atom. The van der Waals surface area contributed by atoms with Gasteiger partial charge in [0.25, 0.3) is 0 Å². The van der Waals surface area contributed by atoms with Crippen molar-refractivity contribution < 1.29 is 0 Å². The van der Waals surface area contributed by atoms with Gasteiger partial charge in [-0.1, -0.05) is 12.1 Å². The zero-order valence-electron chi connectivity index (χ0n) is 13.7. The minimum atomic E-state index is 0.571. The fourth-order valence-electron chi connectivity index (χ4n) is 3.58. The first-order valence-corrected chi connectivity index (χ1v) is 8.36. The maximum Gasteiger partial charge on any atom is 0.0385 e. The standard InChI is InChI=1S/C18H29N3/c1-20(2)17-10-6-14(7-11-17)18-15(5-4-12-21(18)3)13-19-16-8-9-16/h6-7,10-11,15-16,18-19H,4-5,8-9,12-13H2,1-3H3. The minimum absolute atomic E-state index is 0.571. The molecule has 116 valence electrons. The van der Waals surface area contributed by atoms with E-state index in [-0.39, 0.29) is 0 Å². The number of anilines is 1. The molecule has 1 aliphatic carbocycles. The molecular weight excluding hydrogens is 258 g/mol. The highest BCUT2D eigenvalue weighted by Gasteiger charge is 2.31. The van der Waals surface area contributed by atoms with E-state index in [4.69, 9.17) is 0 Å². The molecule has 3 nitrogen and oxygen atoms in total. The summed E-state index contributed by atoms with van der Waals surface area (Å²) in [5.74, 6) is 0.745. The monoisotopic (exact) mass is 287 g/mol. The predicted octanol–water partition coefficient (Wildman–Crippen LogP) is 2.89. The summed E-state index contributed by atoms with van der Waals surface area (Å²) >= 11 is 0. The van der Waals surface area contributed by atoms with Crippen LogP contribution in [0.25, 0.3) is 0 Å². The van der Waals surface area contributed by atoms with Crippen LogP contribution < -0.4 is 10.2 Å². The largest absolute Gasteiger partial charge is 0.378 e. The molecule has 1 saturated heterocycles. The molecule has 0 radical (unpaired) electrons. The quantitative estimate of drug-likeness (QED) is 0.898. The first kappa shape index (κ1) is 14.9. The SMILES string of the molecule is CN(C)c1ccc(C2C(CNC3CC3)CCCN2C)cc1. The van der Waals surface area contributed by atoms with E-state index in [2.05, 4.69) is 60.5 Å². The molecule has 0 amide bonds. The van der Waals surface area contributed by atoms with Crippen molar-refractivity contribution in [3.63, 3.8) is 0 Å². The Balaban J connectivity index is 1.73. The molecule has 2 unspecified atom stereocenters. The summed E-state index contributed by atoms with van der Waals surface area (Å²) in [6, 6.07) is 10.5. The van der Waals surface area contributed by atoms with Crippen molar-refractivity contribution in [3.05, 3.63) is 29.8 Å². The van der Waals surface area contributed by atoms with Crippen molar-refractivity contribution in [1.82, 2.24) is 10.2 Å². The van der Waals surface area contributed by atoms with Gasteiger partial charge in [-0.05, 0) is 62.9 Å². The van der Waals surface area contributed by atoms with Crippen molar-refractivity contribution >= 4 is 5.69 Å². The lowest BCUT2D eigenvalue weighted by Gasteiger charge is -2.40. The second-order valence-electron chi connectivity index (χ2n) is 7.00. The zero-order chi connectivity index (χ0) is 14.8. The van der Waals surface area contributed by atoms with Crippen molar-refractivity contribution in [3.8, 4) is 0 Å². The Morgan fingerprint density at radius 3 is 2.48 bits per heavy atom. The minimum Gasteiger partial charge on any atom is -0.378 e. The fraction of sp³-hybridized carbons (Fsp3) is 0.667. The molecule has 0 spiro atoms. The molecule has 1 aromatic rings. The highest BCUT2D eigenvalue weighted by Crippen LogP contribution is 2.35. The van der Waals surface area contributed by atoms with Gasteiger partial charge in [0.05, 0.1) is 0 Å². The third kappa shape index (κ3) is 3.58. The lowest BCUT2D eigenvalue weighted by atomic mass is 9.84. The van der Waals surface area contributed by atoms with Crippen molar-refractivity contribution in [2.45, 2.75) is 37.8 Å². The molecule has 3 heteroatoms. The maximum atomic E-state index is 3.74. The van der Waals surface area contributed by atoms with Gasteiger partial charge in [-0.2, -0.15) is 0 Å². The van der Waals surface area contributed by atoms with Crippen LogP contribution in [0.1, 0.15) is 37.3 Å². The second kappa shape index (κ2) is 6.37. The first-order chi connectivity index (χ1) is 10.1. The number of hydrogen-bond acceptors (Lipinski definition) is 3. The van der Waals surface area contributed by atoms with E-state index in [1.807, 2.05) is 0 Å². The number of hydrogen-bond donors (Lipinski definition) is 1. The molecule has 2 atom stereocenters. The van der Waals surface area contributed by atoms with E-state index < -0.39 is 0 Å². The van der Waals surface area contributed by atoms with Gasteiger partial charge in [-0.25, -0.2) is 0 Å². The van der Waals surface area contributed by atoms with Gasteiger partial charge in [0.15, 0.2) is 0 Å². The summed E-state index contributed by atoms with van der Waals surface area (Å²) < 4.78 is 0. The molecule has 0 bridgehead atoms. The summed E-state index contributed by atoms with van der Waals surface area (Å²) in [6.45, 7) is 2.40. The summed E-state index contributed by atoms with van der Waals surface area (Å²) in [4.78, 5) is 4.72. The highest BCUT2D eigenvalue weighted by atomic mass is 15.1. The topological polar surface area (TPSA) is 18.5 Å². The van der Waals surface area contributed by atoms with Gasteiger partial charge in [-0.15, -0.1) is 0 Å². The number of piperidine rings is 1. The van der Waals surface area contributed by atoms with Crippen molar-refractivity contribution in [2.24, 2.45) is 5.92 Å². The van der Waals surface area contributed by atoms with Gasteiger partial charge in [0.1, 0.15) is 0 Å². The number of likely N-dealkylation sites (tertiary alicyclic amines) is 1. The zero-order valence-corrected chi connectivity index (χ0v) is 13.7. The lowest BCUT2D eigenvalue weighted by Crippen LogP contribution is -2.40. The van der Waals surface area contributed by atoms with E-state index in [0.717, 1.165) is 12.0 Å². The van der Waals surface area contributed by atoms with Crippen molar-refractivity contribution in [2.75, 3.05) is 39.1 Å². The smallest absolute Gasteiger partial charge is 0.0385 e. The number of nitrogens with zero attached hydrogens (tertiary/aromatic N) is 2. The molecule has 21 heavy (non-hydrogen) atoms. The van der Waals surface area contributed by atoms with Crippen LogP contribution in [0.2, 0.25) is 0 Å². The van der Waals surface area contributed by atoms with Gasteiger partial charge in [-0.3, -0.25) is 4.90 Å². The van der Waals surface area contributed by atoms with Crippen molar-refractivity contribution in [1.29, 1.82) is 0 Å². The molecule has 1 heterocycles. The van der Waals surface area contributed by atoms with Crippen LogP contribution in [0.15, 0.2) is 24.3 Å². The van der Waals surface area contributed by atoms with Crippen LogP contribution in [0, 0.1) is 5.92 Å². The van der Waals surface area contributed by atoms with E-state index in [1.54, 1.807) is 0 Å². The third-order valence-electron chi connectivity index (χ3n) is 5.00. The van der Waals surface area contributed by atoms with E-state index in [1.165, 1.54) is 50.0 Å². The lowest BCUT2D eigenvalue weighted by molar-refractivity contribution is 0.119. The van der Waals surface area contributed by atoms with Crippen LogP contribution in [0.3, 0.4) is 0 Å². The molecule has 0 aromatic heterocycles. The van der Waals surface area contributed by atoms with E-state index in [0.29, 0.717) is 6.04 Å². The predicted molar refractivity (Wildman–Crippen MR) is 89.9 cm³/mol. The summed E-state index contributed by atoms with van der Waals surface area (Å²) in [7, 11) is 6.49. The van der Waals surface area contributed by atoms with Crippen LogP contribution >= 0.6 is 0 Å². The van der Waals surface area contributed by atoms with Crippen LogP contribution in [0.4, 0.5) is 5.69 Å². The second-order valence-corrected chi connectivity index (χ2v) is 7.00. The Morgan fingerprint density at radius 1 is 1.14 bits per heavy atom. The molecule has 3 rings (SSSR count). The van der Waals surface area contributed by atoms with Gasteiger partial charge >= 0.3 is 0 Å². The summed E-state index contributed by atoms with van der Waals surface area (Å²) in [6.07, 6.45) is 5.44. The number of rotatable bonds is 5.